The largest absolute Gasteiger partial charge is 0.230 e. The molecule has 82 valence electrons. The molecule has 0 saturated carbocycles. The molecule has 2 nitrogen and oxygen atoms in total. The van der Waals surface area contributed by atoms with Crippen LogP contribution in [-0.2, 0) is 11.0 Å². The van der Waals surface area contributed by atoms with Gasteiger partial charge >= 0.3 is 0 Å². The van der Waals surface area contributed by atoms with Crippen LogP contribution in [0.5, 0.6) is 0 Å². The predicted octanol–water partition coefficient (Wildman–Crippen LogP) is 3.11. The normalized spacial score (nSPS) is 14.4. The Kier molecular flexibility index (Phi) is 4.05. The summed E-state index contributed by atoms with van der Waals surface area (Å²) in [5, 5.41) is 0. The minimum Gasteiger partial charge on any atom is -0.230 e. The van der Waals surface area contributed by atoms with Crippen molar-refractivity contribution < 1.29 is 4.21 Å². The highest BCUT2D eigenvalue weighted by molar-refractivity contribution is 7.83. The third-order valence-corrected chi connectivity index (χ3v) is 2.75. The van der Waals surface area contributed by atoms with Gasteiger partial charge in [0.15, 0.2) is 11.0 Å². The number of rotatable bonds is 3. The van der Waals surface area contributed by atoms with Crippen LogP contribution < -0.4 is 0 Å². The van der Waals surface area contributed by atoms with E-state index in [4.69, 9.17) is 11.6 Å². The molecule has 0 saturated heterocycles. The fourth-order valence-electron chi connectivity index (χ4n) is 0.889. The molecule has 0 aliphatic carbocycles. The number of benzene rings is 1. The maximum atomic E-state index is 11.7. The van der Waals surface area contributed by atoms with Gasteiger partial charge in [-0.15, -0.1) is 11.6 Å². The van der Waals surface area contributed by atoms with E-state index in [0.29, 0.717) is 4.90 Å². The molecular formula is C11H14ClNOS. The Morgan fingerprint density at radius 1 is 1.33 bits per heavy atom. The minimum absolute atomic E-state index is 0.555. The zero-order valence-electron chi connectivity index (χ0n) is 9.03. The summed E-state index contributed by atoms with van der Waals surface area (Å²) in [6, 6.07) is 7.44. The van der Waals surface area contributed by atoms with Crippen LogP contribution in [0.2, 0.25) is 0 Å². The lowest BCUT2D eigenvalue weighted by molar-refractivity contribution is 0.684. The van der Waals surface area contributed by atoms with Crippen LogP contribution in [0.4, 0.5) is 0 Å². The third-order valence-electron chi connectivity index (χ3n) is 1.68. The van der Waals surface area contributed by atoms with Crippen LogP contribution in [0.25, 0.3) is 0 Å². The molecular weight excluding hydrogens is 230 g/mol. The van der Waals surface area contributed by atoms with Crippen molar-refractivity contribution in [2.24, 2.45) is 4.40 Å². The van der Waals surface area contributed by atoms with Crippen molar-refractivity contribution in [3.63, 3.8) is 0 Å². The van der Waals surface area contributed by atoms with Gasteiger partial charge in [-0.2, -0.15) is 4.40 Å². The van der Waals surface area contributed by atoms with Gasteiger partial charge in [0.05, 0.1) is 9.77 Å². The standard InChI is InChI=1S/C11H14ClNOS/c1-9-4-6-10(7-5-9)15(14)13-8-11(2,3)12/h4-8H,1-3H3/b13-8+/t15-/m0/s1. The molecule has 1 aromatic carbocycles. The monoisotopic (exact) mass is 243 g/mol. The van der Waals surface area contributed by atoms with Gasteiger partial charge in [0, 0.05) is 6.21 Å². The van der Waals surface area contributed by atoms with E-state index in [1.807, 2.05) is 31.2 Å². The van der Waals surface area contributed by atoms with Crippen molar-refractivity contribution in [1.29, 1.82) is 0 Å². The second-order valence-corrected chi connectivity index (χ2v) is 6.02. The van der Waals surface area contributed by atoms with Crippen LogP contribution in [0, 0.1) is 6.92 Å². The average Bonchev–Trinajstić information content (AvgIpc) is 2.14. The van der Waals surface area contributed by atoms with Gasteiger partial charge in [-0.3, -0.25) is 0 Å². The molecule has 0 spiro atoms. The number of alkyl halides is 1. The van der Waals surface area contributed by atoms with Crippen molar-refractivity contribution in [2.75, 3.05) is 0 Å². The van der Waals surface area contributed by atoms with Gasteiger partial charge < -0.3 is 0 Å². The number of hydrogen-bond acceptors (Lipinski definition) is 1. The highest BCUT2D eigenvalue weighted by atomic mass is 35.5. The van der Waals surface area contributed by atoms with E-state index in [2.05, 4.69) is 4.40 Å². The first-order valence-electron chi connectivity index (χ1n) is 4.61. The first-order valence-corrected chi connectivity index (χ1v) is 6.10. The molecule has 0 unspecified atom stereocenters. The molecule has 1 atom stereocenters. The summed E-state index contributed by atoms with van der Waals surface area (Å²) in [5.74, 6) is 0. The molecule has 0 amide bonds. The Balaban J connectivity index is 2.78. The lowest BCUT2D eigenvalue weighted by atomic mass is 10.2. The van der Waals surface area contributed by atoms with Crippen LogP contribution in [0.15, 0.2) is 33.6 Å². The van der Waals surface area contributed by atoms with Gasteiger partial charge in [0.2, 0.25) is 0 Å². The topological polar surface area (TPSA) is 29.4 Å². The lowest BCUT2D eigenvalue weighted by Gasteiger charge is -2.06. The molecule has 0 N–H and O–H groups in total. The second-order valence-electron chi connectivity index (χ2n) is 3.86. The zero-order valence-corrected chi connectivity index (χ0v) is 10.6. The summed E-state index contributed by atoms with van der Waals surface area (Å²) in [4.78, 5) is 0.137. The Morgan fingerprint density at radius 3 is 2.33 bits per heavy atom. The van der Waals surface area contributed by atoms with Gasteiger partial charge in [0.1, 0.15) is 0 Å². The molecule has 0 bridgehead atoms. The minimum atomic E-state index is -1.35. The van der Waals surface area contributed by atoms with E-state index < -0.39 is 15.9 Å². The van der Waals surface area contributed by atoms with Crippen LogP contribution >= 0.6 is 11.6 Å². The Morgan fingerprint density at radius 2 is 1.87 bits per heavy atom. The molecule has 4 heteroatoms. The summed E-state index contributed by atoms with van der Waals surface area (Å²) < 4.78 is 15.6. The van der Waals surface area contributed by atoms with E-state index in [-0.39, 0.29) is 0 Å². The first kappa shape index (κ1) is 12.4. The maximum Gasteiger partial charge on any atom is 0.172 e. The molecule has 1 rings (SSSR count). The van der Waals surface area contributed by atoms with E-state index in [0.717, 1.165) is 5.56 Å². The Bertz CT molecular complexity index is 379. The fraction of sp³-hybridized carbons (Fsp3) is 0.364. The Hall–Kier alpha value is -0.670. The van der Waals surface area contributed by atoms with E-state index in [1.165, 1.54) is 6.21 Å². The van der Waals surface area contributed by atoms with Crippen molar-refractivity contribution in [1.82, 2.24) is 0 Å². The van der Waals surface area contributed by atoms with E-state index >= 15 is 0 Å². The molecule has 0 aliphatic heterocycles. The van der Waals surface area contributed by atoms with Crippen molar-refractivity contribution >= 4 is 28.8 Å². The van der Waals surface area contributed by atoms with Crippen LogP contribution in [0.1, 0.15) is 19.4 Å². The van der Waals surface area contributed by atoms with Crippen molar-refractivity contribution in [3.05, 3.63) is 29.8 Å². The van der Waals surface area contributed by atoms with Gasteiger partial charge in [0.25, 0.3) is 0 Å². The smallest absolute Gasteiger partial charge is 0.172 e. The maximum absolute atomic E-state index is 11.7. The van der Waals surface area contributed by atoms with Crippen molar-refractivity contribution in [3.8, 4) is 0 Å². The van der Waals surface area contributed by atoms with Gasteiger partial charge in [-0.1, -0.05) is 17.7 Å². The summed E-state index contributed by atoms with van der Waals surface area (Å²) in [6.45, 7) is 5.58. The quantitative estimate of drug-likeness (QED) is 0.593. The highest BCUT2D eigenvalue weighted by Gasteiger charge is 2.09. The first-order chi connectivity index (χ1) is 6.88. The molecule has 0 fully saturated rings. The summed E-state index contributed by atoms with van der Waals surface area (Å²) >= 11 is 5.91. The molecule has 0 radical (unpaired) electrons. The van der Waals surface area contributed by atoms with Gasteiger partial charge in [-0.25, -0.2) is 4.21 Å². The lowest BCUT2D eigenvalue weighted by Crippen LogP contribution is -2.11. The number of hydrogen-bond donors (Lipinski definition) is 0. The fourth-order valence-corrected chi connectivity index (χ4v) is 1.85. The summed E-state index contributed by atoms with van der Waals surface area (Å²) in [5.41, 5.74) is 1.14. The molecule has 15 heavy (non-hydrogen) atoms. The highest BCUT2D eigenvalue weighted by Crippen LogP contribution is 2.12. The van der Waals surface area contributed by atoms with E-state index in [1.54, 1.807) is 13.8 Å². The van der Waals surface area contributed by atoms with Crippen LogP contribution in [-0.4, -0.2) is 15.3 Å². The van der Waals surface area contributed by atoms with E-state index in [9.17, 15) is 4.21 Å². The SMILES string of the molecule is Cc1ccc([S@](=O)/N=C/C(C)(C)Cl)cc1. The van der Waals surface area contributed by atoms with Crippen molar-refractivity contribution in [2.45, 2.75) is 30.5 Å². The number of nitrogens with zero attached hydrogens (tertiary/aromatic N) is 1. The molecule has 0 aromatic heterocycles. The number of halogens is 1. The third kappa shape index (κ3) is 4.58. The predicted molar refractivity (Wildman–Crippen MR) is 66.0 cm³/mol. The zero-order chi connectivity index (χ0) is 11.5. The molecule has 1 aromatic rings. The molecule has 0 heterocycles. The van der Waals surface area contributed by atoms with Crippen LogP contribution in [0.3, 0.4) is 0 Å². The van der Waals surface area contributed by atoms with Gasteiger partial charge in [-0.05, 0) is 32.9 Å². The average molecular weight is 244 g/mol. The Labute approximate surface area is 98.0 Å². The second kappa shape index (κ2) is 4.90. The molecule has 0 aliphatic rings. The number of aryl methyl sites for hydroxylation is 1. The summed E-state index contributed by atoms with van der Waals surface area (Å²) in [7, 11) is -1.35. The summed E-state index contributed by atoms with van der Waals surface area (Å²) in [6.07, 6.45) is 1.50.